The Morgan fingerprint density at radius 3 is 2.06 bits per heavy atom. The topological polar surface area (TPSA) is 78.4 Å². The minimum Gasteiger partial charge on any atom is -0.444 e. The highest BCUT2D eigenvalue weighted by molar-refractivity contribution is 8.13. The number of amides is 1. The first-order chi connectivity index (χ1) is 16.6. The standard InChI is InChI=1S/C27H48N2O5SSi/c1-12-31-23(32-13-2)22(34-36(10,11)27(7,8)9)20(3)28-24(29-25(30)33-26(4,5)6)35-19-21-17-15-14-16-18-21/h14-18,20,22-23H,12-13,19H2,1-11H3,(H,28,29,30)/t20-,22-/m1/s1. The molecular weight excluding hydrogens is 492 g/mol. The third-order valence-electron chi connectivity index (χ3n) is 5.79. The van der Waals surface area contributed by atoms with Gasteiger partial charge >= 0.3 is 6.09 Å². The molecule has 1 N–H and O–H groups in total. The van der Waals surface area contributed by atoms with Gasteiger partial charge in [-0.15, -0.1) is 0 Å². The molecule has 1 aromatic carbocycles. The fourth-order valence-electron chi connectivity index (χ4n) is 2.95. The molecule has 9 heteroatoms. The van der Waals surface area contributed by atoms with Gasteiger partial charge in [-0.3, -0.25) is 10.3 Å². The Bertz CT molecular complexity index is 816. The van der Waals surface area contributed by atoms with E-state index in [0.717, 1.165) is 5.56 Å². The number of amidine groups is 1. The first-order valence-electron chi connectivity index (χ1n) is 12.7. The molecule has 2 atom stereocenters. The maximum absolute atomic E-state index is 12.6. The van der Waals surface area contributed by atoms with Gasteiger partial charge in [-0.1, -0.05) is 62.9 Å². The zero-order chi connectivity index (χ0) is 27.6. The maximum atomic E-state index is 12.6. The van der Waals surface area contributed by atoms with Gasteiger partial charge in [0.25, 0.3) is 0 Å². The Hall–Kier alpha value is -1.39. The Balaban J connectivity index is 3.32. The van der Waals surface area contributed by atoms with Crippen molar-refractivity contribution in [2.24, 2.45) is 4.99 Å². The molecule has 0 unspecified atom stereocenters. The molecule has 0 saturated carbocycles. The summed E-state index contributed by atoms with van der Waals surface area (Å²) < 4.78 is 24.2. The maximum Gasteiger partial charge on any atom is 0.413 e. The summed E-state index contributed by atoms with van der Waals surface area (Å²) in [5.41, 5.74) is 0.512. The van der Waals surface area contributed by atoms with E-state index in [2.05, 4.69) is 39.2 Å². The average molecular weight is 541 g/mol. The summed E-state index contributed by atoms with van der Waals surface area (Å²) in [4.78, 5) is 17.5. The number of hydrogen-bond donors (Lipinski definition) is 1. The zero-order valence-corrected chi connectivity index (χ0v) is 26.0. The van der Waals surface area contributed by atoms with Gasteiger partial charge in [0.2, 0.25) is 0 Å². The van der Waals surface area contributed by atoms with Gasteiger partial charge in [0, 0.05) is 19.0 Å². The molecule has 36 heavy (non-hydrogen) atoms. The number of aliphatic imine (C=N–C) groups is 1. The lowest BCUT2D eigenvalue weighted by atomic mass is 10.2. The van der Waals surface area contributed by atoms with E-state index in [1.807, 2.05) is 71.9 Å². The van der Waals surface area contributed by atoms with Gasteiger partial charge in [-0.25, -0.2) is 4.79 Å². The number of alkyl carbamates (subject to hydrolysis) is 1. The van der Waals surface area contributed by atoms with Gasteiger partial charge in [-0.2, -0.15) is 0 Å². The molecule has 0 aromatic heterocycles. The summed E-state index contributed by atoms with van der Waals surface area (Å²) >= 11 is 1.45. The van der Waals surface area contributed by atoms with Crippen LogP contribution in [0.4, 0.5) is 4.79 Å². The highest BCUT2D eigenvalue weighted by Crippen LogP contribution is 2.38. The quantitative estimate of drug-likeness (QED) is 0.141. The van der Waals surface area contributed by atoms with Crippen LogP contribution in [0.2, 0.25) is 18.1 Å². The van der Waals surface area contributed by atoms with Crippen LogP contribution in [-0.4, -0.2) is 56.8 Å². The van der Waals surface area contributed by atoms with E-state index in [-0.39, 0.29) is 11.1 Å². The number of nitrogens with zero attached hydrogens (tertiary/aromatic N) is 1. The number of rotatable bonds is 11. The van der Waals surface area contributed by atoms with Gasteiger partial charge in [0.1, 0.15) is 11.7 Å². The van der Waals surface area contributed by atoms with Crippen LogP contribution in [-0.2, 0) is 24.4 Å². The van der Waals surface area contributed by atoms with Gasteiger partial charge in [0.15, 0.2) is 19.8 Å². The fraction of sp³-hybridized carbons (Fsp3) is 0.704. The van der Waals surface area contributed by atoms with Crippen molar-refractivity contribution in [2.45, 2.75) is 110 Å². The first-order valence-corrected chi connectivity index (χ1v) is 16.6. The number of hydrogen-bond acceptors (Lipinski definition) is 7. The molecule has 0 aliphatic carbocycles. The normalized spacial score (nSPS) is 15.1. The molecule has 0 bridgehead atoms. The Morgan fingerprint density at radius 1 is 1.03 bits per heavy atom. The van der Waals surface area contributed by atoms with E-state index in [9.17, 15) is 4.79 Å². The minimum absolute atomic E-state index is 0.00266. The third-order valence-corrected chi connectivity index (χ3v) is 11.2. The molecule has 0 aliphatic rings. The molecule has 7 nitrogen and oxygen atoms in total. The molecule has 0 radical (unpaired) electrons. The predicted molar refractivity (Wildman–Crippen MR) is 153 cm³/mol. The highest BCUT2D eigenvalue weighted by Gasteiger charge is 2.43. The number of benzene rings is 1. The van der Waals surface area contributed by atoms with E-state index in [4.69, 9.17) is 23.6 Å². The Morgan fingerprint density at radius 2 is 1.58 bits per heavy atom. The second-order valence-electron chi connectivity index (χ2n) is 11.2. The zero-order valence-electron chi connectivity index (χ0n) is 24.1. The van der Waals surface area contributed by atoms with Crippen molar-refractivity contribution in [2.75, 3.05) is 13.2 Å². The molecule has 1 aromatic rings. The van der Waals surface area contributed by atoms with Crippen molar-refractivity contribution in [3.05, 3.63) is 35.9 Å². The summed E-state index contributed by atoms with van der Waals surface area (Å²) in [5.74, 6) is 0.649. The van der Waals surface area contributed by atoms with Gasteiger partial charge in [-0.05, 0) is 65.2 Å². The number of ether oxygens (including phenoxy) is 3. The molecule has 0 aliphatic heterocycles. The summed E-state index contributed by atoms with van der Waals surface area (Å²) in [6.07, 6.45) is -1.56. The van der Waals surface area contributed by atoms with Gasteiger partial charge < -0.3 is 18.6 Å². The largest absolute Gasteiger partial charge is 0.444 e. The lowest BCUT2D eigenvalue weighted by Gasteiger charge is -2.42. The van der Waals surface area contributed by atoms with E-state index in [1.165, 1.54) is 11.8 Å². The molecule has 206 valence electrons. The molecule has 0 spiro atoms. The summed E-state index contributed by atoms with van der Waals surface area (Å²) in [6.45, 7) is 23.3. The number of carbonyl (C=O) groups is 1. The minimum atomic E-state index is -2.19. The van der Waals surface area contributed by atoms with E-state index >= 15 is 0 Å². The highest BCUT2D eigenvalue weighted by atomic mass is 32.2. The first kappa shape index (κ1) is 32.6. The van der Waals surface area contributed by atoms with Crippen molar-refractivity contribution >= 4 is 31.3 Å². The second-order valence-corrected chi connectivity index (χ2v) is 16.9. The molecule has 0 saturated heterocycles. The predicted octanol–water partition coefficient (Wildman–Crippen LogP) is 6.98. The number of thioether (sulfide) groups is 1. The average Bonchev–Trinajstić information content (AvgIpc) is 2.74. The van der Waals surface area contributed by atoms with Gasteiger partial charge in [0.05, 0.1) is 6.04 Å². The molecule has 1 rings (SSSR count). The Labute approximate surface area is 224 Å². The second kappa shape index (κ2) is 14.5. The molecule has 0 heterocycles. The summed E-state index contributed by atoms with van der Waals surface area (Å²) in [5, 5.41) is 3.32. The van der Waals surface area contributed by atoms with Crippen LogP contribution in [0.25, 0.3) is 0 Å². The van der Waals surface area contributed by atoms with E-state index in [1.54, 1.807) is 0 Å². The van der Waals surface area contributed by atoms with E-state index < -0.39 is 32.4 Å². The summed E-state index contributed by atoms with van der Waals surface area (Å²) in [6, 6.07) is 9.71. The van der Waals surface area contributed by atoms with Crippen LogP contribution >= 0.6 is 11.8 Å². The molecular formula is C27H48N2O5SSi. The lowest BCUT2D eigenvalue weighted by Crippen LogP contribution is -2.52. The summed E-state index contributed by atoms with van der Waals surface area (Å²) in [7, 11) is -2.19. The number of carbonyl (C=O) groups excluding carboxylic acids is 1. The van der Waals surface area contributed by atoms with Crippen molar-refractivity contribution in [1.82, 2.24) is 5.32 Å². The molecule has 1 amide bonds. The third kappa shape index (κ3) is 11.8. The van der Waals surface area contributed by atoms with Crippen LogP contribution in [0.1, 0.15) is 67.9 Å². The monoisotopic (exact) mass is 540 g/mol. The Kier molecular flexibility index (Phi) is 13.2. The van der Waals surface area contributed by atoms with Crippen molar-refractivity contribution < 1.29 is 23.4 Å². The van der Waals surface area contributed by atoms with Crippen LogP contribution in [0.15, 0.2) is 35.3 Å². The number of nitrogens with one attached hydrogen (secondary N) is 1. The fourth-order valence-corrected chi connectivity index (χ4v) is 5.18. The van der Waals surface area contributed by atoms with Crippen molar-refractivity contribution in [1.29, 1.82) is 0 Å². The van der Waals surface area contributed by atoms with Crippen molar-refractivity contribution in [3.63, 3.8) is 0 Å². The van der Waals surface area contributed by atoms with Crippen molar-refractivity contribution in [3.8, 4) is 0 Å². The SMILES string of the molecule is CCOC(OCC)[C@H](O[Si](C)(C)C(C)(C)C)[C@@H](C)N=C(NC(=O)OC(C)(C)C)SCc1ccccc1. The van der Waals surface area contributed by atoms with Crippen LogP contribution in [0.3, 0.4) is 0 Å². The van der Waals surface area contributed by atoms with E-state index in [0.29, 0.717) is 24.1 Å². The lowest BCUT2D eigenvalue weighted by molar-refractivity contribution is -0.188. The smallest absolute Gasteiger partial charge is 0.413 e. The van der Waals surface area contributed by atoms with Crippen LogP contribution in [0.5, 0.6) is 0 Å². The van der Waals surface area contributed by atoms with Crippen LogP contribution in [0, 0.1) is 0 Å². The molecule has 0 fully saturated rings. The van der Waals surface area contributed by atoms with Crippen LogP contribution < -0.4 is 5.32 Å².